The van der Waals surface area contributed by atoms with Crippen molar-refractivity contribution in [1.29, 1.82) is 0 Å². The average Bonchev–Trinajstić information content (AvgIpc) is 3.16. The van der Waals surface area contributed by atoms with Crippen LogP contribution in [-0.4, -0.2) is 30.6 Å². The summed E-state index contributed by atoms with van der Waals surface area (Å²) in [6.07, 6.45) is 0. The Labute approximate surface area is 162 Å². The van der Waals surface area contributed by atoms with Crippen LogP contribution in [0.1, 0.15) is 34.6 Å². The highest BCUT2D eigenvalue weighted by Crippen LogP contribution is 2.08. The highest BCUT2D eigenvalue weighted by atomic mass is 32.1. The lowest BCUT2D eigenvalue weighted by Gasteiger charge is -2.10. The lowest BCUT2D eigenvalue weighted by molar-refractivity contribution is -0.124. The molecule has 2 aromatic rings. The number of ether oxygens (including phenoxy) is 1. The molecular weight excluding hydrogens is 366 g/mol. The summed E-state index contributed by atoms with van der Waals surface area (Å²) < 4.78 is 5.01. The minimum absolute atomic E-state index is 0.0599. The first-order valence-electron chi connectivity index (χ1n) is 8.53. The molecule has 0 aliphatic carbocycles. The van der Waals surface area contributed by atoms with Gasteiger partial charge in [-0.15, -0.1) is 11.3 Å². The van der Waals surface area contributed by atoms with E-state index >= 15 is 0 Å². The minimum Gasteiger partial charge on any atom is -0.452 e. The summed E-state index contributed by atoms with van der Waals surface area (Å²) in [6, 6.07) is 10.3. The Balaban J connectivity index is 1.72. The maximum absolute atomic E-state index is 12.0. The van der Waals surface area contributed by atoms with Crippen molar-refractivity contribution in [2.24, 2.45) is 0 Å². The first kappa shape index (κ1) is 20.4. The van der Waals surface area contributed by atoms with E-state index in [-0.39, 0.29) is 24.6 Å². The van der Waals surface area contributed by atoms with Gasteiger partial charge in [0.1, 0.15) is 0 Å². The molecule has 27 heavy (non-hydrogen) atoms. The first-order chi connectivity index (χ1) is 12.9. The number of thiophene rings is 1. The number of amides is 3. The zero-order chi connectivity index (χ0) is 19.6. The molecule has 0 spiro atoms. The summed E-state index contributed by atoms with van der Waals surface area (Å²) >= 11 is 1.54. The third kappa shape index (κ3) is 7.49. The molecule has 2 rings (SSSR count). The largest absolute Gasteiger partial charge is 0.452 e. The minimum atomic E-state index is -0.571. The van der Waals surface area contributed by atoms with Gasteiger partial charge in [0, 0.05) is 17.5 Å². The Bertz CT molecular complexity index is 758. The molecular formula is C19H23N3O4S. The molecule has 0 fully saturated rings. The number of hydrogen-bond donors (Lipinski definition) is 3. The molecule has 0 bridgehead atoms. The molecule has 1 aromatic heterocycles. The van der Waals surface area contributed by atoms with Gasteiger partial charge in [0.2, 0.25) is 0 Å². The molecule has 0 saturated heterocycles. The van der Waals surface area contributed by atoms with Gasteiger partial charge < -0.3 is 20.7 Å². The Morgan fingerprint density at radius 3 is 2.41 bits per heavy atom. The quantitative estimate of drug-likeness (QED) is 0.604. The summed E-state index contributed by atoms with van der Waals surface area (Å²) in [6.45, 7) is 4.19. The Morgan fingerprint density at radius 2 is 1.78 bits per heavy atom. The van der Waals surface area contributed by atoms with Crippen molar-refractivity contribution in [1.82, 2.24) is 16.0 Å². The summed E-state index contributed by atoms with van der Waals surface area (Å²) in [7, 11) is 0. The van der Waals surface area contributed by atoms with E-state index in [0.29, 0.717) is 18.7 Å². The summed E-state index contributed by atoms with van der Waals surface area (Å²) in [4.78, 5) is 36.3. The van der Waals surface area contributed by atoms with E-state index in [4.69, 9.17) is 4.74 Å². The van der Waals surface area contributed by atoms with Crippen molar-refractivity contribution in [3.63, 3.8) is 0 Å². The normalized spacial score (nSPS) is 10.3. The average molecular weight is 389 g/mol. The number of esters is 1. The Kier molecular flexibility index (Phi) is 7.81. The van der Waals surface area contributed by atoms with Crippen molar-refractivity contribution in [3.05, 3.63) is 57.8 Å². The molecule has 144 valence electrons. The van der Waals surface area contributed by atoms with Crippen LogP contribution in [0.5, 0.6) is 0 Å². The Morgan fingerprint density at radius 1 is 1.04 bits per heavy atom. The molecule has 0 aliphatic heterocycles. The number of carbonyl (C=O) groups is 3. The lowest BCUT2D eigenvalue weighted by atomic mass is 10.1. The lowest BCUT2D eigenvalue weighted by Crippen LogP contribution is -2.39. The van der Waals surface area contributed by atoms with Crippen LogP contribution in [0.4, 0.5) is 4.79 Å². The highest BCUT2D eigenvalue weighted by Gasteiger charge is 2.10. The topological polar surface area (TPSA) is 96.5 Å². The van der Waals surface area contributed by atoms with Crippen molar-refractivity contribution < 1.29 is 19.1 Å². The third-order valence-corrected chi connectivity index (χ3v) is 4.31. The molecule has 8 heteroatoms. The van der Waals surface area contributed by atoms with Crippen molar-refractivity contribution in [3.8, 4) is 0 Å². The molecule has 0 radical (unpaired) electrons. The summed E-state index contributed by atoms with van der Waals surface area (Å²) in [5, 5.41) is 10.1. The number of benzene rings is 1. The number of hydrogen-bond acceptors (Lipinski definition) is 5. The van der Waals surface area contributed by atoms with Crippen molar-refractivity contribution >= 4 is 29.2 Å². The van der Waals surface area contributed by atoms with E-state index in [1.807, 2.05) is 31.4 Å². The maximum atomic E-state index is 12.0. The predicted molar refractivity (Wildman–Crippen MR) is 103 cm³/mol. The third-order valence-electron chi connectivity index (χ3n) is 3.44. The summed E-state index contributed by atoms with van der Waals surface area (Å²) in [5.74, 6) is -0.924. The molecule has 1 aromatic carbocycles. The molecule has 7 nitrogen and oxygen atoms in total. The fraction of sp³-hybridized carbons (Fsp3) is 0.316. The molecule has 0 aliphatic rings. The predicted octanol–water partition coefficient (Wildman–Crippen LogP) is 2.43. The maximum Gasteiger partial charge on any atom is 0.338 e. The number of nitrogens with one attached hydrogen (secondary N) is 3. The van der Waals surface area contributed by atoms with Crippen molar-refractivity contribution in [2.75, 3.05) is 6.61 Å². The zero-order valence-corrected chi connectivity index (χ0v) is 16.1. The van der Waals surface area contributed by atoms with E-state index in [2.05, 4.69) is 16.0 Å². The smallest absolute Gasteiger partial charge is 0.338 e. The fourth-order valence-corrected chi connectivity index (χ4v) is 2.76. The van der Waals surface area contributed by atoms with Gasteiger partial charge in [-0.2, -0.15) is 0 Å². The van der Waals surface area contributed by atoms with Gasteiger partial charge >= 0.3 is 12.0 Å². The van der Waals surface area contributed by atoms with Gasteiger partial charge in [-0.25, -0.2) is 9.59 Å². The van der Waals surface area contributed by atoms with Crippen LogP contribution >= 0.6 is 11.3 Å². The van der Waals surface area contributed by atoms with Gasteiger partial charge in [-0.3, -0.25) is 4.79 Å². The van der Waals surface area contributed by atoms with Crippen LogP contribution < -0.4 is 16.0 Å². The van der Waals surface area contributed by atoms with Gasteiger partial charge in [-0.1, -0.05) is 18.2 Å². The number of carbonyl (C=O) groups excluding carboxylic acids is 3. The van der Waals surface area contributed by atoms with Gasteiger partial charge in [0.25, 0.3) is 5.91 Å². The number of rotatable bonds is 8. The Hall–Kier alpha value is -2.87. The van der Waals surface area contributed by atoms with Crippen LogP contribution in [0.15, 0.2) is 41.8 Å². The molecule has 3 N–H and O–H groups in total. The van der Waals surface area contributed by atoms with Crippen LogP contribution in [0.2, 0.25) is 0 Å². The van der Waals surface area contributed by atoms with Crippen LogP contribution in [0.3, 0.4) is 0 Å². The zero-order valence-electron chi connectivity index (χ0n) is 15.3. The van der Waals surface area contributed by atoms with Gasteiger partial charge in [0.05, 0.1) is 12.1 Å². The van der Waals surface area contributed by atoms with Crippen LogP contribution in [-0.2, 0) is 22.6 Å². The SMILES string of the molecule is CC(C)NC(=O)NCc1ccc(C(=O)OCC(=O)NCc2cccs2)cc1. The summed E-state index contributed by atoms with van der Waals surface area (Å²) in [5.41, 5.74) is 1.19. The molecule has 1 heterocycles. The van der Waals surface area contributed by atoms with E-state index in [1.54, 1.807) is 35.6 Å². The van der Waals surface area contributed by atoms with E-state index in [1.165, 1.54) is 0 Å². The second-order valence-corrected chi connectivity index (χ2v) is 7.14. The van der Waals surface area contributed by atoms with E-state index in [9.17, 15) is 14.4 Å². The molecule has 3 amide bonds. The van der Waals surface area contributed by atoms with E-state index in [0.717, 1.165) is 10.4 Å². The second kappa shape index (κ2) is 10.3. The standard InChI is InChI=1S/C19H23N3O4S/c1-13(2)22-19(25)21-10-14-5-7-15(8-6-14)18(24)26-12-17(23)20-11-16-4-3-9-27-16/h3-9,13H,10-12H2,1-2H3,(H,20,23)(H2,21,22,25). The molecule has 0 atom stereocenters. The molecule has 0 unspecified atom stereocenters. The first-order valence-corrected chi connectivity index (χ1v) is 9.41. The van der Waals surface area contributed by atoms with Crippen molar-refractivity contribution in [2.45, 2.75) is 33.0 Å². The fourth-order valence-electron chi connectivity index (χ4n) is 2.12. The number of urea groups is 1. The van der Waals surface area contributed by atoms with Gasteiger partial charge in [-0.05, 0) is 43.0 Å². The van der Waals surface area contributed by atoms with E-state index < -0.39 is 5.97 Å². The highest BCUT2D eigenvalue weighted by molar-refractivity contribution is 7.09. The molecule has 0 saturated carbocycles. The van der Waals surface area contributed by atoms with Crippen LogP contribution in [0, 0.1) is 0 Å². The monoisotopic (exact) mass is 389 g/mol. The van der Waals surface area contributed by atoms with Gasteiger partial charge in [0.15, 0.2) is 6.61 Å². The van der Waals surface area contributed by atoms with Crippen LogP contribution in [0.25, 0.3) is 0 Å². The second-order valence-electron chi connectivity index (χ2n) is 6.11.